The van der Waals surface area contributed by atoms with Gasteiger partial charge in [0.05, 0.1) is 11.9 Å². The molecule has 0 spiro atoms. The molecule has 0 aromatic heterocycles. The van der Waals surface area contributed by atoms with E-state index in [-0.39, 0.29) is 5.75 Å². The largest absolute Gasteiger partial charge is 0.393 e. The lowest BCUT2D eigenvalue weighted by atomic mass is 10.1. The van der Waals surface area contributed by atoms with E-state index in [1.165, 1.54) is 0 Å². The summed E-state index contributed by atoms with van der Waals surface area (Å²) in [6.45, 7) is 0.493. The molecule has 0 bridgehead atoms. The van der Waals surface area contributed by atoms with Gasteiger partial charge in [-0.1, -0.05) is 18.0 Å². The molecule has 0 heterocycles. The Hall–Kier alpha value is -0.620. The summed E-state index contributed by atoms with van der Waals surface area (Å²) < 4.78 is 18.8. The van der Waals surface area contributed by atoms with Gasteiger partial charge in [-0.15, -0.1) is 0 Å². The lowest BCUT2D eigenvalue weighted by Gasteiger charge is -2.08. The van der Waals surface area contributed by atoms with E-state index in [0.29, 0.717) is 19.4 Å². The first-order valence-electron chi connectivity index (χ1n) is 4.93. The van der Waals surface area contributed by atoms with Gasteiger partial charge in [-0.25, -0.2) is 4.21 Å². The van der Waals surface area contributed by atoms with E-state index < -0.39 is 17.2 Å². The van der Waals surface area contributed by atoms with Gasteiger partial charge >= 0.3 is 0 Å². The van der Waals surface area contributed by atoms with Crippen molar-refractivity contribution in [1.29, 1.82) is 0 Å². The van der Waals surface area contributed by atoms with Gasteiger partial charge in [-0.2, -0.15) is 0 Å². The van der Waals surface area contributed by atoms with Crippen LogP contribution in [0.25, 0.3) is 10.4 Å². The number of rotatable bonds is 9. The van der Waals surface area contributed by atoms with Crippen LogP contribution in [0.4, 0.5) is 0 Å². The molecule has 2 atom stereocenters. The molecule has 0 aliphatic carbocycles. The molecule has 0 aliphatic heterocycles. The van der Waals surface area contributed by atoms with Gasteiger partial charge in [0.2, 0.25) is 0 Å². The summed E-state index contributed by atoms with van der Waals surface area (Å²) in [7, 11) is 0. The molecule has 0 radical (unpaired) electrons. The molecule has 0 aliphatic rings. The number of unbranched alkanes of at least 4 members (excludes halogenated alkanes) is 2. The highest BCUT2D eigenvalue weighted by molar-refractivity contribution is 7.79. The van der Waals surface area contributed by atoms with Crippen molar-refractivity contribution in [2.24, 2.45) is 5.11 Å². The molecule has 2 N–H and O–H groups in total. The minimum Gasteiger partial charge on any atom is -0.393 e. The van der Waals surface area contributed by atoms with Gasteiger partial charge in [0.15, 0.2) is 11.1 Å². The Morgan fingerprint density at radius 1 is 1.33 bits per heavy atom. The molecule has 0 fully saturated rings. The van der Waals surface area contributed by atoms with Crippen LogP contribution in [0, 0.1) is 0 Å². The van der Waals surface area contributed by atoms with Gasteiger partial charge in [-0.05, 0) is 24.8 Å². The fourth-order valence-corrected chi connectivity index (χ4v) is 1.64. The summed E-state index contributed by atoms with van der Waals surface area (Å²) in [6, 6.07) is 0. The van der Waals surface area contributed by atoms with Crippen LogP contribution in [0.1, 0.15) is 32.1 Å². The van der Waals surface area contributed by atoms with Gasteiger partial charge in [-0.3, -0.25) is 0 Å². The Balaban J connectivity index is 3.26. The third-order valence-corrected chi connectivity index (χ3v) is 2.57. The highest BCUT2D eigenvalue weighted by Crippen LogP contribution is 2.07. The first-order valence-corrected chi connectivity index (χ1v) is 6.20. The second-order valence-corrected chi connectivity index (χ2v) is 4.32. The third-order valence-electron chi connectivity index (χ3n) is 1.98. The molecule has 88 valence electrons. The van der Waals surface area contributed by atoms with E-state index in [1.807, 2.05) is 0 Å². The van der Waals surface area contributed by atoms with Crippen molar-refractivity contribution in [3.8, 4) is 0 Å². The molecule has 2 unspecified atom stereocenters. The molecule has 0 aromatic carbocycles. The summed E-state index contributed by atoms with van der Waals surface area (Å²) >= 11 is -1.81. The Bertz CT molecular complexity index is 231. The number of aliphatic hydroxyl groups is 1. The minimum atomic E-state index is -1.81. The molecule has 0 saturated carbocycles. The maximum absolute atomic E-state index is 10.3. The highest BCUT2D eigenvalue weighted by Gasteiger charge is 2.05. The van der Waals surface area contributed by atoms with Gasteiger partial charge in [0.25, 0.3) is 0 Å². The highest BCUT2D eigenvalue weighted by atomic mass is 32.2. The lowest BCUT2D eigenvalue weighted by Crippen LogP contribution is -2.10. The summed E-state index contributed by atoms with van der Waals surface area (Å²) in [4.78, 5) is 2.63. The number of azide groups is 1. The standard InChI is InChI=1S/C8H17N3O3S/c9-11-10-6-3-1-2-4-8(12)5-7-15(13)14/h8,12H,1-7H2,(H,13,14). The number of hydrogen-bond acceptors (Lipinski definition) is 3. The van der Waals surface area contributed by atoms with Crippen molar-refractivity contribution in [2.45, 2.75) is 38.2 Å². The van der Waals surface area contributed by atoms with Crippen molar-refractivity contribution in [3.63, 3.8) is 0 Å². The fourth-order valence-electron chi connectivity index (χ4n) is 1.17. The SMILES string of the molecule is [N-]=[N+]=NCCCCCC(O)CCS(=O)O. The zero-order chi connectivity index (χ0) is 11.5. The molecule has 0 aromatic rings. The second kappa shape index (κ2) is 9.92. The normalized spacial score (nSPS) is 14.3. The smallest absolute Gasteiger partial charge is 0.152 e. The molecule has 7 heteroatoms. The lowest BCUT2D eigenvalue weighted by molar-refractivity contribution is 0.157. The fraction of sp³-hybridized carbons (Fsp3) is 1.00. The summed E-state index contributed by atoms with van der Waals surface area (Å²) in [5.41, 5.74) is 8.00. The molecule has 0 amide bonds. The van der Waals surface area contributed by atoms with Crippen LogP contribution < -0.4 is 0 Å². The van der Waals surface area contributed by atoms with Gasteiger partial charge in [0, 0.05) is 11.5 Å². The maximum Gasteiger partial charge on any atom is 0.152 e. The minimum absolute atomic E-state index is 0.125. The van der Waals surface area contributed by atoms with Crippen molar-refractivity contribution in [3.05, 3.63) is 10.4 Å². The Morgan fingerprint density at radius 2 is 2.07 bits per heavy atom. The number of aliphatic hydroxyl groups excluding tert-OH is 1. The van der Waals surface area contributed by atoms with Crippen LogP contribution in [-0.2, 0) is 11.1 Å². The number of nitrogens with zero attached hydrogens (tertiary/aromatic N) is 3. The Kier molecular flexibility index (Phi) is 9.51. The van der Waals surface area contributed by atoms with Gasteiger partial charge < -0.3 is 9.66 Å². The van der Waals surface area contributed by atoms with Crippen molar-refractivity contribution >= 4 is 11.1 Å². The molecule has 6 nitrogen and oxygen atoms in total. The van der Waals surface area contributed by atoms with E-state index >= 15 is 0 Å². The summed E-state index contributed by atoms with van der Waals surface area (Å²) in [6.07, 6.45) is 3.06. The van der Waals surface area contributed by atoms with Crippen LogP contribution in [0.3, 0.4) is 0 Å². The molecular formula is C8H17N3O3S. The van der Waals surface area contributed by atoms with Crippen LogP contribution in [-0.4, -0.2) is 32.3 Å². The molecular weight excluding hydrogens is 218 g/mol. The molecule has 15 heavy (non-hydrogen) atoms. The predicted octanol–water partition coefficient (Wildman–Crippen LogP) is 1.83. The Labute approximate surface area is 91.6 Å². The van der Waals surface area contributed by atoms with Crippen LogP contribution >= 0.6 is 0 Å². The molecule has 0 rings (SSSR count). The zero-order valence-corrected chi connectivity index (χ0v) is 9.40. The first-order chi connectivity index (χ1) is 7.16. The van der Waals surface area contributed by atoms with E-state index in [9.17, 15) is 9.32 Å². The van der Waals surface area contributed by atoms with E-state index in [4.69, 9.17) is 10.1 Å². The van der Waals surface area contributed by atoms with Crippen molar-refractivity contribution < 1.29 is 13.9 Å². The summed E-state index contributed by atoms with van der Waals surface area (Å²) in [5, 5.41) is 12.8. The number of hydrogen-bond donors (Lipinski definition) is 2. The zero-order valence-electron chi connectivity index (χ0n) is 8.58. The maximum atomic E-state index is 10.3. The second-order valence-electron chi connectivity index (χ2n) is 3.27. The Morgan fingerprint density at radius 3 is 2.67 bits per heavy atom. The first kappa shape index (κ1) is 14.4. The van der Waals surface area contributed by atoms with Gasteiger partial charge in [0.1, 0.15) is 0 Å². The van der Waals surface area contributed by atoms with Crippen molar-refractivity contribution in [2.75, 3.05) is 12.3 Å². The predicted molar refractivity (Wildman–Crippen MR) is 58.7 cm³/mol. The topological polar surface area (TPSA) is 106 Å². The average Bonchev–Trinajstić information content (AvgIpc) is 2.20. The van der Waals surface area contributed by atoms with E-state index in [1.54, 1.807) is 0 Å². The van der Waals surface area contributed by atoms with Crippen LogP contribution in [0.5, 0.6) is 0 Å². The van der Waals surface area contributed by atoms with E-state index in [2.05, 4.69) is 10.0 Å². The monoisotopic (exact) mass is 235 g/mol. The quantitative estimate of drug-likeness (QED) is 0.209. The average molecular weight is 235 g/mol. The van der Waals surface area contributed by atoms with E-state index in [0.717, 1.165) is 19.3 Å². The van der Waals surface area contributed by atoms with Crippen LogP contribution in [0.15, 0.2) is 5.11 Å². The van der Waals surface area contributed by atoms with Crippen molar-refractivity contribution in [1.82, 2.24) is 0 Å². The van der Waals surface area contributed by atoms with Crippen LogP contribution in [0.2, 0.25) is 0 Å². The summed E-state index contributed by atoms with van der Waals surface area (Å²) in [5.74, 6) is 0.125. The third kappa shape index (κ3) is 11.3. The molecule has 0 saturated heterocycles.